The van der Waals surface area contributed by atoms with Gasteiger partial charge in [-0.25, -0.2) is 8.42 Å². The van der Waals surface area contributed by atoms with E-state index in [1.807, 2.05) is 0 Å². The summed E-state index contributed by atoms with van der Waals surface area (Å²) in [5.41, 5.74) is 0. The number of carbonyl (C=O) groups is 1. The van der Waals surface area contributed by atoms with Crippen molar-refractivity contribution in [3.05, 3.63) is 12.7 Å². The van der Waals surface area contributed by atoms with Crippen molar-refractivity contribution in [2.75, 3.05) is 24.3 Å². The lowest BCUT2D eigenvalue weighted by Gasteiger charge is -2.33. The van der Waals surface area contributed by atoms with Gasteiger partial charge in [0.05, 0.1) is 0 Å². The summed E-state index contributed by atoms with van der Waals surface area (Å²) < 4.78 is 22.8. The van der Waals surface area contributed by atoms with E-state index in [4.69, 9.17) is 0 Å². The third-order valence-electron chi connectivity index (χ3n) is 2.04. The summed E-state index contributed by atoms with van der Waals surface area (Å²) in [6, 6.07) is 0. The van der Waals surface area contributed by atoms with Gasteiger partial charge in [0, 0.05) is 24.3 Å². The van der Waals surface area contributed by atoms with E-state index in [-0.39, 0.29) is 5.91 Å². The average molecular weight is 235 g/mol. The van der Waals surface area contributed by atoms with Crippen LogP contribution in [0.3, 0.4) is 0 Å². The first-order valence-electron chi connectivity index (χ1n) is 4.16. The summed E-state index contributed by atoms with van der Waals surface area (Å²) in [7, 11) is -3.19. The van der Waals surface area contributed by atoms with Gasteiger partial charge in [0.15, 0.2) is 9.84 Å². The summed E-state index contributed by atoms with van der Waals surface area (Å²) in [5, 5.41) is -0.688. The zero-order valence-corrected chi connectivity index (χ0v) is 9.60. The minimum atomic E-state index is -3.19. The zero-order chi connectivity index (χ0) is 10.8. The molecule has 1 aliphatic rings. The van der Waals surface area contributed by atoms with E-state index >= 15 is 0 Å². The summed E-state index contributed by atoms with van der Waals surface area (Å²) in [6.45, 7) is 3.84. The van der Waals surface area contributed by atoms with Crippen molar-refractivity contribution < 1.29 is 13.2 Å². The number of amides is 1. The number of sulfone groups is 1. The second-order valence-corrected chi connectivity index (χ2v) is 6.45. The highest BCUT2D eigenvalue weighted by Crippen LogP contribution is 2.20. The van der Waals surface area contributed by atoms with E-state index in [0.717, 1.165) is 18.1 Å². The number of carbonyl (C=O) groups excluding carboxylic acids is 1. The van der Waals surface area contributed by atoms with Crippen LogP contribution in [-0.2, 0) is 14.6 Å². The molecule has 0 aromatic rings. The Labute approximate surface area is 88.3 Å². The van der Waals surface area contributed by atoms with Gasteiger partial charge < -0.3 is 4.90 Å². The average Bonchev–Trinajstić information content (AvgIpc) is 2.15. The predicted molar refractivity (Wildman–Crippen MR) is 57.9 cm³/mol. The standard InChI is InChI=1S/C8H13NO3S2/c1-3-7(10)9-4-5-13-6-8(9)14(2,11)12/h3,8H,1,4-6H2,2H3. The van der Waals surface area contributed by atoms with E-state index in [9.17, 15) is 13.2 Å². The molecule has 0 bridgehead atoms. The molecule has 4 nitrogen and oxygen atoms in total. The van der Waals surface area contributed by atoms with Crippen LogP contribution in [0.1, 0.15) is 0 Å². The molecule has 0 radical (unpaired) electrons. The van der Waals surface area contributed by atoms with Gasteiger partial charge in [-0.3, -0.25) is 4.79 Å². The largest absolute Gasteiger partial charge is 0.320 e. The lowest BCUT2D eigenvalue weighted by molar-refractivity contribution is -0.126. The van der Waals surface area contributed by atoms with Gasteiger partial charge in [0.1, 0.15) is 5.37 Å². The van der Waals surface area contributed by atoms with Gasteiger partial charge in [0.2, 0.25) is 5.91 Å². The van der Waals surface area contributed by atoms with E-state index < -0.39 is 15.2 Å². The fraction of sp³-hybridized carbons (Fsp3) is 0.625. The third-order valence-corrected chi connectivity index (χ3v) is 4.68. The van der Waals surface area contributed by atoms with Crippen LogP contribution in [0, 0.1) is 0 Å². The second-order valence-electron chi connectivity index (χ2n) is 3.09. The Bertz CT molecular complexity index is 336. The first-order valence-corrected chi connectivity index (χ1v) is 7.27. The molecule has 0 aliphatic carbocycles. The molecular weight excluding hydrogens is 222 g/mol. The molecule has 0 N–H and O–H groups in total. The maximum absolute atomic E-state index is 11.4. The van der Waals surface area contributed by atoms with Crippen molar-refractivity contribution >= 4 is 27.5 Å². The Kier molecular flexibility index (Phi) is 3.60. The molecule has 1 unspecified atom stereocenters. The fourth-order valence-electron chi connectivity index (χ4n) is 1.31. The molecule has 80 valence electrons. The van der Waals surface area contributed by atoms with Crippen molar-refractivity contribution in [3.63, 3.8) is 0 Å². The van der Waals surface area contributed by atoms with Gasteiger partial charge in [-0.1, -0.05) is 6.58 Å². The molecule has 1 aliphatic heterocycles. The number of hydrogen-bond donors (Lipinski definition) is 0. The Balaban J connectivity index is 2.90. The summed E-state index contributed by atoms with van der Waals surface area (Å²) in [6.07, 6.45) is 2.32. The highest BCUT2D eigenvalue weighted by atomic mass is 32.2. The first-order chi connectivity index (χ1) is 6.46. The van der Waals surface area contributed by atoms with Crippen molar-refractivity contribution in [3.8, 4) is 0 Å². The molecule has 1 saturated heterocycles. The smallest absolute Gasteiger partial charge is 0.247 e. The molecule has 1 rings (SSSR count). The van der Waals surface area contributed by atoms with Crippen molar-refractivity contribution in [1.29, 1.82) is 0 Å². The monoisotopic (exact) mass is 235 g/mol. The van der Waals surface area contributed by atoms with Crippen LogP contribution in [0.15, 0.2) is 12.7 Å². The van der Waals surface area contributed by atoms with Crippen molar-refractivity contribution in [2.24, 2.45) is 0 Å². The first kappa shape index (κ1) is 11.6. The highest BCUT2D eigenvalue weighted by Gasteiger charge is 2.32. The Morgan fingerprint density at radius 1 is 1.64 bits per heavy atom. The van der Waals surface area contributed by atoms with E-state index in [0.29, 0.717) is 12.3 Å². The maximum Gasteiger partial charge on any atom is 0.247 e. The van der Waals surface area contributed by atoms with Crippen LogP contribution in [0.5, 0.6) is 0 Å². The topological polar surface area (TPSA) is 54.5 Å². The molecule has 1 heterocycles. The van der Waals surface area contributed by atoms with Gasteiger partial charge in [-0.05, 0) is 6.08 Å². The number of thioether (sulfide) groups is 1. The number of hydrogen-bond acceptors (Lipinski definition) is 4. The zero-order valence-electron chi connectivity index (χ0n) is 7.97. The van der Waals surface area contributed by atoms with Crippen molar-refractivity contribution in [2.45, 2.75) is 5.37 Å². The van der Waals surface area contributed by atoms with Gasteiger partial charge >= 0.3 is 0 Å². The molecule has 1 fully saturated rings. The molecule has 0 aromatic carbocycles. The Hall–Kier alpha value is -0.490. The van der Waals surface area contributed by atoms with Crippen LogP contribution in [0.2, 0.25) is 0 Å². The fourth-order valence-corrected chi connectivity index (χ4v) is 4.13. The SMILES string of the molecule is C=CC(=O)N1CCSCC1S(C)(=O)=O. The van der Waals surface area contributed by atoms with Gasteiger partial charge in [-0.2, -0.15) is 11.8 Å². The van der Waals surface area contributed by atoms with Crippen molar-refractivity contribution in [1.82, 2.24) is 4.90 Å². The van der Waals surface area contributed by atoms with Gasteiger partial charge in [0.25, 0.3) is 0 Å². The van der Waals surface area contributed by atoms with E-state index in [1.165, 1.54) is 4.90 Å². The van der Waals surface area contributed by atoms with E-state index in [2.05, 4.69) is 6.58 Å². The molecular formula is C8H13NO3S2. The van der Waals surface area contributed by atoms with Crippen LogP contribution in [0.25, 0.3) is 0 Å². The molecule has 0 spiro atoms. The molecule has 1 amide bonds. The lowest BCUT2D eigenvalue weighted by atomic mass is 10.4. The lowest BCUT2D eigenvalue weighted by Crippen LogP contribution is -2.49. The van der Waals surface area contributed by atoms with Crippen LogP contribution in [-0.4, -0.2) is 48.9 Å². The molecule has 14 heavy (non-hydrogen) atoms. The highest BCUT2D eigenvalue weighted by molar-refractivity contribution is 8.00. The van der Waals surface area contributed by atoms with Crippen LogP contribution in [0.4, 0.5) is 0 Å². The summed E-state index contributed by atoms with van der Waals surface area (Å²) >= 11 is 1.55. The molecule has 0 aromatic heterocycles. The van der Waals surface area contributed by atoms with Gasteiger partial charge in [-0.15, -0.1) is 0 Å². The van der Waals surface area contributed by atoms with E-state index in [1.54, 1.807) is 11.8 Å². The third kappa shape index (κ3) is 2.51. The Morgan fingerprint density at radius 3 is 2.79 bits per heavy atom. The predicted octanol–water partition coefficient (Wildman–Crippen LogP) is 0.119. The quantitative estimate of drug-likeness (QED) is 0.638. The minimum absolute atomic E-state index is 0.305. The summed E-state index contributed by atoms with van der Waals surface area (Å²) in [4.78, 5) is 12.7. The molecule has 6 heteroatoms. The normalized spacial score (nSPS) is 23.2. The Morgan fingerprint density at radius 2 is 2.29 bits per heavy atom. The van der Waals surface area contributed by atoms with Crippen LogP contribution >= 0.6 is 11.8 Å². The number of rotatable bonds is 2. The molecule has 1 atom stereocenters. The van der Waals surface area contributed by atoms with Crippen LogP contribution < -0.4 is 0 Å². The minimum Gasteiger partial charge on any atom is -0.320 e. The second kappa shape index (κ2) is 4.35. The molecule has 0 saturated carbocycles. The number of nitrogens with zero attached hydrogens (tertiary/aromatic N) is 1. The maximum atomic E-state index is 11.4. The summed E-state index contributed by atoms with van der Waals surface area (Å²) in [5.74, 6) is 0.935.